The van der Waals surface area contributed by atoms with Gasteiger partial charge in [0.1, 0.15) is 5.82 Å². The number of aromatic nitrogens is 1. The molecule has 2 rings (SSSR count). The summed E-state index contributed by atoms with van der Waals surface area (Å²) in [5.41, 5.74) is 1.03. The summed E-state index contributed by atoms with van der Waals surface area (Å²) in [5, 5.41) is 3.17. The van der Waals surface area contributed by atoms with E-state index in [0.29, 0.717) is 0 Å². The Hall–Kier alpha value is -1.83. The molecule has 1 aromatic heterocycles. The molecule has 0 saturated heterocycles. The fourth-order valence-electron chi connectivity index (χ4n) is 1.05. The SMILES string of the molecule is [c]1ccc(Nc2ccccn2)cc1. The highest BCUT2D eigenvalue weighted by Gasteiger charge is 1.91. The van der Waals surface area contributed by atoms with Crippen molar-refractivity contribution in [3.8, 4) is 0 Å². The van der Waals surface area contributed by atoms with E-state index in [0.717, 1.165) is 11.5 Å². The molecule has 2 heteroatoms. The average molecular weight is 169 g/mol. The molecule has 0 aliphatic heterocycles. The molecule has 0 spiro atoms. The van der Waals surface area contributed by atoms with Gasteiger partial charge in [-0.05, 0) is 30.3 Å². The smallest absolute Gasteiger partial charge is 0.130 e. The van der Waals surface area contributed by atoms with Crippen molar-refractivity contribution >= 4 is 11.5 Å². The molecule has 0 aliphatic rings. The van der Waals surface area contributed by atoms with Gasteiger partial charge in [-0.25, -0.2) is 4.98 Å². The van der Waals surface area contributed by atoms with Gasteiger partial charge in [-0.3, -0.25) is 0 Å². The molecular formula is C11H9N2. The van der Waals surface area contributed by atoms with Gasteiger partial charge in [0, 0.05) is 11.9 Å². The van der Waals surface area contributed by atoms with E-state index in [-0.39, 0.29) is 0 Å². The molecule has 0 fully saturated rings. The summed E-state index contributed by atoms with van der Waals surface area (Å²) < 4.78 is 0. The highest BCUT2D eigenvalue weighted by atomic mass is 15.0. The van der Waals surface area contributed by atoms with Crippen LogP contribution in [0.1, 0.15) is 0 Å². The van der Waals surface area contributed by atoms with Crippen molar-refractivity contribution in [1.29, 1.82) is 0 Å². The van der Waals surface area contributed by atoms with Gasteiger partial charge in [-0.2, -0.15) is 0 Å². The van der Waals surface area contributed by atoms with Crippen LogP contribution in [0.15, 0.2) is 48.7 Å². The summed E-state index contributed by atoms with van der Waals surface area (Å²) in [6, 6.07) is 16.4. The van der Waals surface area contributed by atoms with Gasteiger partial charge in [0.2, 0.25) is 0 Å². The molecule has 63 valence electrons. The first-order valence-electron chi connectivity index (χ1n) is 4.09. The third-order valence-electron chi connectivity index (χ3n) is 1.66. The van der Waals surface area contributed by atoms with Crippen LogP contribution in [0.2, 0.25) is 0 Å². The second kappa shape index (κ2) is 3.72. The second-order valence-electron chi connectivity index (χ2n) is 2.63. The van der Waals surface area contributed by atoms with Gasteiger partial charge < -0.3 is 5.32 Å². The molecule has 1 aromatic carbocycles. The van der Waals surface area contributed by atoms with Gasteiger partial charge in [0.05, 0.1) is 0 Å². The Morgan fingerprint density at radius 3 is 2.62 bits per heavy atom. The fourth-order valence-corrected chi connectivity index (χ4v) is 1.05. The van der Waals surface area contributed by atoms with Crippen LogP contribution in [0.25, 0.3) is 0 Å². The summed E-state index contributed by atoms with van der Waals surface area (Å²) in [7, 11) is 0. The van der Waals surface area contributed by atoms with Gasteiger partial charge >= 0.3 is 0 Å². The second-order valence-corrected chi connectivity index (χ2v) is 2.63. The minimum absolute atomic E-state index is 0.855. The molecule has 1 heterocycles. The fraction of sp³-hybridized carbons (Fsp3) is 0. The van der Waals surface area contributed by atoms with Crippen molar-refractivity contribution in [2.45, 2.75) is 0 Å². The number of anilines is 2. The highest BCUT2D eigenvalue weighted by molar-refractivity contribution is 5.54. The number of benzene rings is 1. The number of hydrogen-bond donors (Lipinski definition) is 1. The van der Waals surface area contributed by atoms with E-state index in [2.05, 4.69) is 16.4 Å². The summed E-state index contributed by atoms with van der Waals surface area (Å²) in [6.45, 7) is 0. The van der Waals surface area contributed by atoms with Crippen molar-refractivity contribution in [3.63, 3.8) is 0 Å². The first kappa shape index (κ1) is 7.80. The maximum atomic E-state index is 4.15. The maximum absolute atomic E-state index is 4.15. The Kier molecular flexibility index (Phi) is 2.23. The molecule has 1 radical (unpaired) electrons. The first-order valence-corrected chi connectivity index (χ1v) is 4.09. The van der Waals surface area contributed by atoms with Crippen LogP contribution >= 0.6 is 0 Å². The van der Waals surface area contributed by atoms with Crippen LogP contribution in [0, 0.1) is 6.07 Å². The van der Waals surface area contributed by atoms with E-state index in [1.54, 1.807) is 6.20 Å². The van der Waals surface area contributed by atoms with E-state index in [9.17, 15) is 0 Å². The van der Waals surface area contributed by atoms with Crippen LogP contribution in [-0.4, -0.2) is 4.98 Å². The van der Waals surface area contributed by atoms with Crippen molar-refractivity contribution < 1.29 is 0 Å². The first-order chi connectivity index (χ1) is 6.45. The Bertz CT molecular complexity index is 319. The molecule has 0 bridgehead atoms. The van der Waals surface area contributed by atoms with E-state index in [4.69, 9.17) is 0 Å². The normalized spacial score (nSPS) is 9.54. The lowest BCUT2D eigenvalue weighted by atomic mass is 10.3. The summed E-state index contributed by atoms with van der Waals surface area (Å²) in [5.74, 6) is 0.855. The van der Waals surface area contributed by atoms with E-state index < -0.39 is 0 Å². The van der Waals surface area contributed by atoms with Gasteiger partial charge in [0.25, 0.3) is 0 Å². The maximum Gasteiger partial charge on any atom is 0.130 e. The zero-order chi connectivity index (χ0) is 8.93. The van der Waals surface area contributed by atoms with E-state index >= 15 is 0 Å². The molecule has 1 N–H and O–H groups in total. The van der Waals surface area contributed by atoms with Crippen LogP contribution in [0.5, 0.6) is 0 Å². The van der Waals surface area contributed by atoms with Crippen LogP contribution in [0.3, 0.4) is 0 Å². The quantitative estimate of drug-likeness (QED) is 0.747. The van der Waals surface area contributed by atoms with Crippen LogP contribution in [-0.2, 0) is 0 Å². The molecule has 13 heavy (non-hydrogen) atoms. The summed E-state index contributed by atoms with van der Waals surface area (Å²) in [6.07, 6.45) is 1.76. The third-order valence-corrected chi connectivity index (χ3v) is 1.66. The summed E-state index contributed by atoms with van der Waals surface area (Å²) >= 11 is 0. The van der Waals surface area contributed by atoms with Crippen molar-refractivity contribution in [2.75, 3.05) is 5.32 Å². The zero-order valence-electron chi connectivity index (χ0n) is 7.07. The minimum atomic E-state index is 0.855. The molecule has 2 aromatic rings. The number of nitrogens with zero attached hydrogens (tertiary/aromatic N) is 1. The Labute approximate surface area is 77.3 Å². The summed E-state index contributed by atoms with van der Waals surface area (Å²) in [4.78, 5) is 4.15. The van der Waals surface area contributed by atoms with E-state index in [1.807, 2.05) is 42.5 Å². The van der Waals surface area contributed by atoms with Crippen LogP contribution in [0.4, 0.5) is 11.5 Å². The predicted molar refractivity (Wildman–Crippen MR) is 52.8 cm³/mol. The average Bonchev–Trinajstić information content (AvgIpc) is 2.21. The molecule has 0 unspecified atom stereocenters. The lowest BCUT2D eigenvalue weighted by Gasteiger charge is -2.03. The molecule has 0 atom stereocenters. The predicted octanol–water partition coefficient (Wildman–Crippen LogP) is 2.63. The number of pyridine rings is 1. The van der Waals surface area contributed by atoms with Gasteiger partial charge in [-0.1, -0.05) is 18.2 Å². The van der Waals surface area contributed by atoms with Crippen molar-refractivity contribution in [2.24, 2.45) is 0 Å². The third kappa shape index (κ3) is 2.06. The van der Waals surface area contributed by atoms with Crippen molar-refractivity contribution in [1.82, 2.24) is 4.98 Å². The minimum Gasteiger partial charge on any atom is -0.340 e. The topological polar surface area (TPSA) is 24.9 Å². The Morgan fingerprint density at radius 1 is 1.08 bits per heavy atom. The number of rotatable bonds is 2. The lowest BCUT2D eigenvalue weighted by Crippen LogP contribution is -1.91. The molecular weight excluding hydrogens is 160 g/mol. The van der Waals surface area contributed by atoms with Crippen molar-refractivity contribution in [3.05, 3.63) is 54.7 Å². The van der Waals surface area contributed by atoms with Gasteiger partial charge in [-0.15, -0.1) is 0 Å². The zero-order valence-corrected chi connectivity index (χ0v) is 7.07. The molecule has 2 nitrogen and oxygen atoms in total. The highest BCUT2D eigenvalue weighted by Crippen LogP contribution is 2.11. The number of hydrogen-bond acceptors (Lipinski definition) is 2. The molecule has 0 aliphatic carbocycles. The van der Waals surface area contributed by atoms with E-state index in [1.165, 1.54) is 0 Å². The van der Waals surface area contributed by atoms with Gasteiger partial charge in [0.15, 0.2) is 0 Å². The molecule has 0 amide bonds. The molecule has 0 saturated carbocycles. The number of nitrogens with one attached hydrogen (secondary N) is 1. The largest absolute Gasteiger partial charge is 0.340 e. The Balaban J connectivity index is 2.16. The standard InChI is InChI=1S/C11H9N2/c1-2-6-10(7-3-1)13-11-8-4-5-9-12-11/h2-9H,(H,12,13). The Morgan fingerprint density at radius 2 is 1.92 bits per heavy atom. The monoisotopic (exact) mass is 169 g/mol. The lowest BCUT2D eigenvalue weighted by molar-refractivity contribution is 1.31. The van der Waals surface area contributed by atoms with Crippen LogP contribution < -0.4 is 5.32 Å².